The Bertz CT molecular complexity index is 477. The summed E-state index contributed by atoms with van der Waals surface area (Å²) in [6.07, 6.45) is 0.787. The van der Waals surface area contributed by atoms with E-state index >= 15 is 0 Å². The average Bonchev–Trinajstić information content (AvgIpc) is 2.40. The van der Waals surface area contributed by atoms with Gasteiger partial charge in [-0.1, -0.05) is 6.92 Å². The standard InChI is InChI=1S/C13H20N2O3S/c1-4-7-19(17)9(2)13(16)15-12-6-5-10(18-3)8-11(12)14/h5-6,8-9H,4,7,14H2,1-3H3,(H,15,16). The number of carbonyl (C=O) groups excluding carboxylic acids is 1. The van der Waals surface area contributed by atoms with Crippen molar-refractivity contribution in [1.29, 1.82) is 0 Å². The molecule has 0 heterocycles. The van der Waals surface area contributed by atoms with Crippen LogP contribution in [-0.4, -0.2) is 28.2 Å². The number of rotatable bonds is 6. The molecule has 3 N–H and O–H groups in total. The van der Waals surface area contributed by atoms with Gasteiger partial charge in [0.2, 0.25) is 5.91 Å². The lowest BCUT2D eigenvalue weighted by Crippen LogP contribution is -2.30. The van der Waals surface area contributed by atoms with Crippen molar-refractivity contribution in [2.24, 2.45) is 0 Å². The summed E-state index contributed by atoms with van der Waals surface area (Å²) in [5, 5.41) is 2.13. The van der Waals surface area contributed by atoms with E-state index in [1.807, 2.05) is 6.92 Å². The molecule has 0 radical (unpaired) electrons. The summed E-state index contributed by atoms with van der Waals surface area (Å²) in [6, 6.07) is 5.00. The Morgan fingerprint density at radius 3 is 2.74 bits per heavy atom. The van der Waals surface area contributed by atoms with Gasteiger partial charge in [-0.15, -0.1) is 0 Å². The van der Waals surface area contributed by atoms with Crippen LogP contribution in [0.15, 0.2) is 18.2 Å². The second kappa shape index (κ2) is 7.13. The molecule has 19 heavy (non-hydrogen) atoms. The summed E-state index contributed by atoms with van der Waals surface area (Å²) in [7, 11) is 0.386. The summed E-state index contributed by atoms with van der Waals surface area (Å²) in [5.41, 5.74) is 6.73. The lowest BCUT2D eigenvalue weighted by Gasteiger charge is -2.13. The van der Waals surface area contributed by atoms with Crippen LogP contribution in [0.2, 0.25) is 0 Å². The van der Waals surface area contributed by atoms with Crippen molar-refractivity contribution < 1.29 is 13.7 Å². The van der Waals surface area contributed by atoms with E-state index < -0.39 is 16.0 Å². The van der Waals surface area contributed by atoms with Crippen LogP contribution in [0, 0.1) is 0 Å². The van der Waals surface area contributed by atoms with Gasteiger partial charge in [-0.2, -0.15) is 0 Å². The van der Waals surface area contributed by atoms with E-state index in [1.165, 1.54) is 0 Å². The Morgan fingerprint density at radius 1 is 1.53 bits per heavy atom. The molecule has 0 spiro atoms. The first kappa shape index (κ1) is 15.5. The molecule has 1 rings (SSSR count). The number of carbonyl (C=O) groups is 1. The number of amides is 1. The largest absolute Gasteiger partial charge is 0.497 e. The van der Waals surface area contributed by atoms with Gasteiger partial charge in [0.05, 0.1) is 18.5 Å². The van der Waals surface area contributed by atoms with Gasteiger partial charge in [0.15, 0.2) is 0 Å². The first-order valence-corrected chi connectivity index (χ1v) is 7.49. The molecule has 1 aromatic rings. The van der Waals surface area contributed by atoms with Crippen molar-refractivity contribution in [1.82, 2.24) is 0 Å². The molecule has 2 atom stereocenters. The van der Waals surface area contributed by atoms with Crippen LogP contribution in [0.3, 0.4) is 0 Å². The highest BCUT2D eigenvalue weighted by atomic mass is 32.2. The zero-order valence-electron chi connectivity index (χ0n) is 11.4. The number of hydrogen-bond donors (Lipinski definition) is 2. The fourth-order valence-corrected chi connectivity index (χ4v) is 2.57. The summed E-state index contributed by atoms with van der Waals surface area (Å²) in [5.74, 6) is 0.855. The topological polar surface area (TPSA) is 81.4 Å². The highest BCUT2D eigenvalue weighted by Gasteiger charge is 2.19. The normalized spacial score (nSPS) is 13.6. The molecule has 0 aliphatic carbocycles. The van der Waals surface area contributed by atoms with E-state index in [0.29, 0.717) is 22.9 Å². The number of nitrogens with two attached hydrogens (primary N) is 1. The number of methoxy groups -OCH3 is 1. The van der Waals surface area contributed by atoms with E-state index in [1.54, 1.807) is 32.2 Å². The zero-order valence-corrected chi connectivity index (χ0v) is 12.3. The molecule has 0 saturated heterocycles. The molecule has 0 saturated carbocycles. The van der Waals surface area contributed by atoms with Crippen molar-refractivity contribution in [2.75, 3.05) is 23.9 Å². The van der Waals surface area contributed by atoms with Gasteiger partial charge in [0, 0.05) is 22.6 Å². The van der Waals surface area contributed by atoms with Crippen LogP contribution in [0.4, 0.5) is 11.4 Å². The lowest BCUT2D eigenvalue weighted by molar-refractivity contribution is -0.115. The second-order valence-corrected chi connectivity index (χ2v) is 6.05. The van der Waals surface area contributed by atoms with Crippen molar-refractivity contribution >= 4 is 28.1 Å². The minimum Gasteiger partial charge on any atom is -0.497 e. The van der Waals surface area contributed by atoms with Crippen LogP contribution in [0.1, 0.15) is 20.3 Å². The minimum absolute atomic E-state index is 0.288. The molecule has 106 valence electrons. The lowest BCUT2D eigenvalue weighted by atomic mass is 10.2. The first-order valence-electron chi connectivity index (χ1n) is 6.11. The summed E-state index contributed by atoms with van der Waals surface area (Å²) in [6.45, 7) is 3.59. The highest BCUT2D eigenvalue weighted by molar-refractivity contribution is 7.86. The Labute approximate surface area is 116 Å². The predicted molar refractivity (Wildman–Crippen MR) is 78.8 cm³/mol. The minimum atomic E-state index is -1.16. The Balaban J connectivity index is 2.74. The smallest absolute Gasteiger partial charge is 0.239 e. The van der Waals surface area contributed by atoms with Crippen molar-refractivity contribution in [3.8, 4) is 5.75 Å². The Morgan fingerprint density at radius 2 is 2.21 bits per heavy atom. The first-order chi connectivity index (χ1) is 8.99. The van der Waals surface area contributed by atoms with Gasteiger partial charge in [0.1, 0.15) is 11.0 Å². The van der Waals surface area contributed by atoms with Crippen LogP contribution < -0.4 is 15.8 Å². The van der Waals surface area contributed by atoms with Crippen LogP contribution in [0.5, 0.6) is 5.75 Å². The number of ether oxygens (including phenoxy) is 1. The quantitative estimate of drug-likeness (QED) is 0.780. The van der Waals surface area contributed by atoms with Crippen molar-refractivity contribution in [2.45, 2.75) is 25.5 Å². The van der Waals surface area contributed by atoms with Crippen LogP contribution >= 0.6 is 0 Å². The number of nitrogens with one attached hydrogen (secondary N) is 1. The van der Waals surface area contributed by atoms with Gasteiger partial charge in [-0.25, -0.2) is 0 Å². The molecule has 6 heteroatoms. The number of nitrogen functional groups attached to an aromatic ring is 1. The van der Waals surface area contributed by atoms with E-state index in [9.17, 15) is 9.00 Å². The molecular weight excluding hydrogens is 264 g/mol. The molecule has 1 amide bonds. The van der Waals surface area contributed by atoms with Crippen LogP contribution in [0.25, 0.3) is 0 Å². The fraction of sp³-hybridized carbons (Fsp3) is 0.462. The molecule has 0 fully saturated rings. The Kier molecular flexibility index (Phi) is 5.82. The number of hydrogen-bond acceptors (Lipinski definition) is 4. The van der Waals surface area contributed by atoms with E-state index in [0.717, 1.165) is 6.42 Å². The van der Waals surface area contributed by atoms with Gasteiger partial charge in [-0.3, -0.25) is 9.00 Å². The summed E-state index contributed by atoms with van der Waals surface area (Å²) >= 11 is 0. The summed E-state index contributed by atoms with van der Waals surface area (Å²) in [4.78, 5) is 11.9. The maximum Gasteiger partial charge on any atom is 0.239 e. The zero-order chi connectivity index (χ0) is 14.4. The molecule has 5 nitrogen and oxygen atoms in total. The molecule has 2 unspecified atom stereocenters. The molecular formula is C13H20N2O3S. The van der Waals surface area contributed by atoms with E-state index in [2.05, 4.69) is 5.32 Å². The second-order valence-electron chi connectivity index (χ2n) is 4.17. The van der Waals surface area contributed by atoms with Gasteiger partial charge < -0.3 is 15.8 Å². The number of anilines is 2. The average molecular weight is 284 g/mol. The molecule has 0 aromatic heterocycles. The third-order valence-electron chi connectivity index (χ3n) is 2.69. The molecule has 0 aliphatic heterocycles. The van der Waals surface area contributed by atoms with Gasteiger partial charge >= 0.3 is 0 Å². The molecule has 1 aromatic carbocycles. The highest BCUT2D eigenvalue weighted by Crippen LogP contribution is 2.24. The van der Waals surface area contributed by atoms with Crippen molar-refractivity contribution in [3.05, 3.63) is 18.2 Å². The maximum absolute atomic E-state index is 11.9. The summed E-state index contributed by atoms with van der Waals surface area (Å²) < 4.78 is 16.8. The third-order valence-corrected chi connectivity index (χ3v) is 4.50. The SMILES string of the molecule is CCCS(=O)C(C)C(=O)Nc1ccc(OC)cc1N. The Hall–Kier alpha value is -1.56. The molecule has 0 aliphatic rings. The fourth-order valence-electron chi connectivity index (χ4n) is 1.51. The van der Waals surface area contributed by atoms with Crippen LogP contribution in [-0.2, 0) is 15.6 Å². The van der Waals surface area contributed by atoms with Crippen molar-refractivity contribution in [3.63, 3.8) is 0 Å². The van der Waals surface area contributed by atoms with E-state index in [-0.39, 0.29) is 5.91 Å². The van der Waals surface area contributed by atoms with Gasteiger partial charge in [-0.05, 0) is 25.5 Å². The predicted octanol–water partition coefficient (Wildman–Crippen LogP) is 1.76. The maximum atomic E-state index is 11.9. The van der Waals surface area contributed by atoms with Gasteiger partial charge in [0.25, 0.3) is 0 Å². The third kappa shape index (κ3) is 4.24. The van der Waals surface area contributed by atoms with E-state index in [4.69, 9.17) is 10.5 Å². The number of benzene rings is 1. The molecule has 0 bridgehead atoms. The monoisotopic (exact) mass is 284 g/mol.